The fourth-order valence-electron chi connectivity index (χ4n) is 3.10. The lowest BCUT2D eigenvalue weighted by Crippen LogP contribution is -2.48. The lowest BCUT2D eigenvalue weighted by atomic mass is 10.0. The zero-order valence-electron chi connectivity index (χ0n) is 12.2. The summed E-state index contributed by atoms with van der Waals surface area (Å²) in [5.74, 6) is 1.29. The minimum absolute atomic E-state index is 0.187. The highest BCUT2D eigenvalue weighted by Gasteiger charge is 2.36. The van der Waals surface area contributed by atoms with Crippen LogP contribution in [0.4, 0.5) is 11.4 Å². The molecule has 2 aromatic carbocycles. The van der Waals surface area contributed by atoms with Gasteiger partial charge in [-0.3, -0.25) is 0 Å². The quantitative estimate of drug-likeness (QED) is 0.827. The molecule has 4 rings (SSSR count). The number of hydrogen-bond donors (Lipinski definition) is 1. The number of aliphatic hydroxyl groups excluding tert-OH is 1. The van der Waals surface area contributed by atoms with Gasteiger partial charge in [0.15, 0.2) is 11.5 Å². The van der Waals surface area contributed by atoms with Crippen molar-refractivity contribution in [1.82, 2.24) is 0 Å². The predicted molar refractivity (Wildman–Crippen MR) is 90.3 cm³/mol. The molecule has 0 saturated carbocycles. The number of halogens is 2. The van der Waals surface area contributed by atoms with Crippen molar-refractivity contribution in [1.29, 1.82) is 0 Å². The maximum Gasteiger partial charge on any atom is 0.152 e. The van der Waals surface area contributed by atoms with E-state index in [4.69, 9.17) is 32.7 Å². The minimum Gasteiger partial charge on any atom is -0.453 e. The summed E-state index contributed by atoms with van der Waals surface area (Å²) in [6.07, 6.45) is 0.127. The lowest BCUT2D eigenvalue weighted by molar-refractivity contribution is -0.00331. The third-order valence-electron chi connectivity index (χ3n) is 4.21. The number of anilines is 2. The van der Waals surface area contributed by atoms with Crippen LogP contribution in [0, 0.1) is 0 Å². The molecule has 1 N–H and O–H groups in total. The Labute approximate surface area is 144 Å². The zero-order valence-corrected chi connectivity index (χ0v) is 13.7. The van der Waals surface area contributed by atoms with Gasteiger partial charge >= 0.3 is 0 Å². The molecule has 4 nitrogen and oxygen atoms in total. The summed E-state index contributed by atoms with van der Waals surface area (Å²) in [5, 5.41) is 11.7. The van der Waals surface area contributed by atoms with Crippen LogP contribution in [0.5, 0.6) is 11.5 Å². The summed E-state index contributed by atoms with van der Waals surface area (Å²) >= 11 is 12.2. The third kappa shape index (κ3) is 2.66. The van der Waals surface area contributed by atoms with Gasteiger partial charge < -0.3 is 19.5 Å². The van der Waals surface area contributed by atoms with Gasteiger partial charge in [-0.25, -0.2) is 0 Å². The molecule has 0 amide bonds. The Morgan fingerprint density at radius 2 is 1.61 bits per heavy atom. The normalized spacial score (nSPS) is 23.0. The Bertz CT molecular complexity index is 701. The van der Waals surface area contributed by atoms with Gasteiger partial charge in [-0.15, -0.1) is 0 Å². The molecule has 2 aliphatic heterocycles. The Kier molecular flexibility index (Phi) is 3.85. The number of hydrogen-bond acceptors (Lipinski definition) is 4. The molecular weight excluding hydrogens is 337 g/mol. The van der Waals surface area contributed by atoms with Crippen LogP contribution in [0.25, 0.3) is 0 Å². The molecule has 1 saturated heterocycles. The third-order valence-corrected chi connectivity index (χ3v) is 4.68. The van der Waals surface area contributed by atoms with Crippen molar-refractivity contribution < 1.29 is 14.6 Å². The zero-order chi connectivity index (χ0) is 16.0. The number of nitrogens with zero attached hydrogens (tertiary/aromatic N) is 1. The van der Waals surface area contributed by atoms with Gasteiger partial charge in [0.1, 0.15) is 0 Å². The Morgan fingerprint density at radius 1 is 1.00 bits per heavy atom. The van der Waals surface area contributed by atoms with Crippen molar-refractivity contribution in [3.8, 4) is 11.5 Å². The van der Waals surface area contributed by atoms with Gasteiger partial charge in [0.05, 0.1) is 30.1 Å². The van der Waals surface area contributed by atoms with Gasteiger partial charge in [-0.05, 0) is 30.7 Å². The van der Waals surface area contributed by atoms with E-state index < -0.39 is 6.10 Å². The minimum atomic E-state index is -0.478. The van der Waals surface area contributed by atoms with Crippen molar-refractivity contribution in [2.24, 2.45) is 0 Å². The Hall–Kier alpha value is -1.46. The number of aliphatic hydroxyl groups is 1. The molecule has 2 aromatic rings. The highest BCUT2D eigenvalue weighted by atomic mass is 35.5. The Balaban J connectivity index is 1.86. The van der Waals surface area contributed by atoms with Crippen LogP contribution in [0.1, 0.15) is 6.42 Å². The number of rotatable bonds is 1. The van der Waals surface area contributed by atoms with Gasteiger partial charge in [0.2, 0.25) is 0 Å². The average Bonchev–Trinajstić information content (AvgIpc) is 2.53. The maximum absolute atomic E-state index is 10.5. The predicted octanol–water partition coefficient (Wildman–Crippen LogP) is 4.39. The van der Waals surface area contributed by atoms with Crippen LogP contribution in [0.3, 0.4) is 0 Å². The molecule has 6 heteroatoms. The monoisotopic (exact) mass is 351 g/mol. The molecule has 0 aliphatic carbocycles. The summed E-state index contributed by atoms with van der Waals surface area (Å²) in [7, 11) is 0. The summed E-state index contributed by atoms with van der Waals surface area (Å²) in [6, 6.07) is 10.8. The fraction of sp³-hybridized carbons (Fsp3) is 0.294. The topological polar surface area (TPSA) is 41.9 Å². The van der Waals surface area contributed by atoms with Crippen LogP contribution in [-0.4, -0.2) is 30.5 Å². The van der Waals surface area contributed by atoms with Crippen LogP contribution in [0.15, 0.2) is 36.4 Å². The smallest absolute Gasteiger partial charge is 0.152 e. The lowest BCUT2D eigenvalue weighted by Gasteiger charge is -2.42. The summed E-state index contributed by atoms with van der Waals surface area (Å²) in [5.41, 5.74) is 1.72. The standard InChI is InChI=1S/C17H15Cl2NO3/c18-10-1-3-12-16(7-10)23-17-8-11(19)2-4-13(17)20(12)14-9-22-6-5-15(14)21/h1-4,7-8,14-15,21H,5-6,9H2/t14-,15-/m0/s1. The molecule has 0 bridgehead atoms. The summed E-state index contributed by atoms with van der Waals surface area (Å²) in [6.45, 7) is 1.02. The molecule has 2 aliphatic rings. The first kappa shape index (κ1) is 15.1. The Morgan fingerprint density at radius 3 is 2.17 bits per heavy atom. The average molecular weight is 352 g/mol. The van der Waals surface area contributed by atoms with Crippen molar-refractivity contribution in [2.45, 2.75) is 18.6 Å². The molecule has 2 heterocycles. The number of fused-ring (bicyclic) bond motifs is 2. The largest absolute Gasteiger partial charge is 0.453 e. The van der Waals surface area contributed by atoms with Crippen molar-refractivity contribution in [3.63, 3.8) is 0 Å². The van der Waals surface area contributed by atoms with Gasteiger partial charge in [0.25, 0.3) is 0 Å². The van der Waals surface area contributed by atoms with Crippen LogP contribution in [0.2, 0.25) is 10.0 Å². The van der Waals surface area contributed by atoms with Crippen molar-refractivity contribution in [3.05, 3.63) is 46.4 Å². The SMILES string of the molecule is O[C@H]1CCOC[C@@H]1N1c2ccc(Cl)cc2Oc2cc(Cl)ccc21. The van der Waals surface area contributed by atoms with Crippen LogP contribution in [-0.2, 0) is 4.74 Å². The second-order valence-electron chi connectivity index (χ2n) is 5.69. The van der Waals surface area contributed by atoms with E-state index >= 15 is 0 Å². The molecule has 0 unspecified atom stereocenters. The molecule has 2 atom stereocenters. The number of benzene rings is 2. The van der Waals surface area contributed by atoms with Crippen molar-refractivity contribution in [2.75, 3.05) is 18.1 Å². The second kappa shape index (κ2) is 5.87. The highest BCUT2D eigenvalue weighted by Crippen LogP contribution is 2.49. The van der Waals surface area contributed by atoms with Gasteiger partial charge in [0, 0.05) is 28.8 Å². The first-order chi connectivity index (χ1) is 11.1. The highest BCUT2D eigenvalue weighted by molar-refractivity contribution is 6.31. The van der Waals surface area contributed by atoms with E-state index in [1.807, 2.05) is 24.3 Å². The first-order valence-corrected chi connectivity index (χ1v) is 8.21. The molecule has 1 fully saturated rings. The summed E-state index contributed by atoms with van der Waals surface area (Å²) < 4.78 is 11.6. The fourth-order valence-corrected chi connectivity index (χ4v) is 3.43. The van der Waals surface area contributed by atoms with E-state index in [-0.39, 0.29) is 6.04 Å². The van der Waals surface area contributed by atoms with E-state index in [0.717, 1.165) is 11.4 Å². The van der Waals surface area contributed by atoms with E-state index in [0.29, 0.717) is 41.2 Å². The second-order valence-corrected chi connectivity index (χ2v) is 6.57. The van der Waals surface area contributed by atoms with Crippen molar-refractivity contribution >= 4 is 34.6 Å². The van der Waals surface area contributed by atoms with Crippen LogP contribution >= 0.6 is 23.2 Å². The maximum atomic E-state index is 10.5. The molecule has 120 valence electrons. The molecular formula is C17H15Cl2NO3. The van der Waals surface area contributed by atoms with E-state index in [1.165, 1.54) is 0 Å². The first-order valence-electron chi connectivity index (χ1n) is 7.45. The molecule has 0 radical (unpaired) electrons. The van der Waals surface area contributed by atoms with Gasteiger partial charge in [-0.2, -0.15) is 0 Å². The van der Waals surface area contributed by atoms with Crippen LogP contribution < -0.4 is 9.64 Å². The molecule has 0 aromatic heterocycles. The molecule has 23 heavy (non-hydrogen) atoms. The number of ether oxygens (including phenoxy) is 2. The molecule has 0 spiro atoms. The summed E-state index contributed by atoms with van der Waals surface area (Å²) in [4.78, 5) is 2.06. The van der Waals surface area contributed by atoms with Gasteiger partial charge in [-0.1, -0.05) is 23.2 Å². The van der Waals surface area contributed by atoms with E-state index in [1.54, 1.807) is 12.1 Å². The van der Waals surface area contributed by atoms with E-state index in [2.05, 4.69) is 4.90 Å². The van der Waals surface area contributed by atoms with E-state index in [9.17, 15) is 5.11 Å².